The highest BCUT2D eigenvalue weighted by Gasteiger charge is 2.36. The molecule has 0 amide bonds. The van der Waals surface area contributed by atoms with Crippen molar-refractivity contribution in [3.8, 4) is 11.6 Å². The van der Waals surface area contributed by atoms with E-state index in [4.69, 9.17) is 4.42 Å². The lowest BCUT2D eigenvalue weighted by Gasteiger charge is -2.18. The first kappa shape index (κ1) is 19.0. The molecule has 0 N–H and O–H groups in total. The third-order valence-corrected chi connectivity index (χ3v) is 7.32. The van der Waals surface area contributed by atoms with E-state index in [-0.39, 0.29) is 17.5 Å². The summed E-state index contributed by atoms with van der Waals surface area (Å²) < 4.78 is 49.0. The van der Waals surface area contributed by atoms with E-state index >= 15 is 0 Å². The van der Waals surface area contributed by atoms with Gasteiger partial charge in [-0.05, 0) is 55.3 Å². The predicted molar refractivity (Wildman–Crippen MR) is 109 cm³/mol. The SMILES string of the molecule is Cc1ccc(S(=O)(=O)N2CCC(n3c(-c4ccco4)nc4cccnc43)C2)cc1F. The summed E-state index contributed by atoms with van der Waals surface area (Å²) in [4.78, 5) is 9.08. The van der Waals surface area contributed by atoms with Gasteiger partial charge in [-0.2, -0.15) is 4.31 Å². The van der Waals surface area contributed by atoms with Crippen molar-refractivity contribution in [1.82, 2.24) is 18.8 Å². The van der Waals surface area contributed by atoms with E-state index < -0.39 is 15.8 Å². The molecule has 0 spiro atoms. The van der Waals surface area contributed by atoms with Gasteiger partial charge in [0.2, 0.25) is 10.0 Å². The van der Waals surface area contributed by atoms with Crippen LogP contribution in [0.25, 0.3) is 22.7 Å². The largest absolute Gasteiger partial charge is 0.461 e. The molecule has 0 radical (unpaired) electrons. The monoisotopic (exact) mass is 426 g/mol. The summed E-state index contributed by atoms with van der Waals surface area (Å²) in [6.45, 7) is 2.17. The molecule has 30 heavy (non-hydrogen) atoms. The van der Waals surface area contributed by atoms with Crippen molar-refractivity contribution in [3.63, 3.8) is 0 Å². The van der Waals surface area contributed by atoms with Crippen molar-refractivity contribution in [2.24, 2.45) is 0 Å². The van der Waals surface area contributed by atoms with Crippen molar-refractivity contribution < 1.29 is 17.2 Å². The molecule has 0 aliphatic carbocycles. The molecule has 1 atom stereocenters. The minimum atomic E-state index is -3.81. The predicted octanol–water partition coefficient (Wildman–Crippen LogP) is 3.77. The maximum atomic E-state index is 14.0. The Morgan fingerprint density at radius 1 is 1.20 bits per heavy atom. The van der Waals surface area contributed by atoms with Crippen molar-refractivity contribution >= 4 is 21.2 Å². The van der Waals surface area contributed by atoms with Gasteiger partial charge in [-0.1, -0.05) is 6.07 Å². The van der Waals surface area contributed by atoms with Crippen molar-refractivity contribution in [2.45, 2.75) is 24.3 Å². The van der Waals surface area contributed by atoms with Crippen LogP contribution in [0.2, 0.25) is 0 Å². The van der Waals surface area contributed by atoms with E-state index in [0.717, 1.165) is 6.07 Å². The summed E-state index contributed by atoms with van der Waals surface area (Å²) in [6.07, 6.45) is 3.85. The Balaban J connectivity index is 1.53. The maximum Gasteiger partial charge on any atom is 0.243 e. The van der Waals surface area contributed by atoms with Gasteiger partial charge in [-0.3, -0.25) is 0 Å². The highest BCUT2D eigenvalue weighted by molar-refractivity contribution is 7.89. The minimum Gasteiger partial charge on any atom is -0.461 e. The number of furan rings is 1. The molecule has 3 aromatic heterocycles. The second-order valence-corrected chi connectivity index (χ2v) is 9.28. The minimum absolute atomic E-state index is 0.0360. The maximum absolute atomic E-state index is 14.0. The fraction of sp³-hybridized carbons (Fsp3) is 0.238. The number of aryl methyl sites for hydroxylation is 1. The van der Waals surface area contributed by atoms with Gasteiger partial charge in [-0.15, -0.1) is 0 Å². The molecule has 9 heteroatoms. The zero-order chi connectivity index (χ0) is 20.9. The second kappa shape index (κ2) is 7.03. The van der Waals surface area contributed by atoms with E-state index in [1.807, 2.05) is 22.8 Å². The normalized spacial score (nSPS) is 17.7. The van der Waals surface area contributed by atoms with Crippen LogP contribution in [0.3, 0.4) is 0 Å². The quantitative estimate of drug-likeness (QED) is 0.496. The van der Waals surface area contributed by atoms with Crippen molar-refractivity contribution in [2.75, 3.05) is 13.1 Å². The average Bonchev–Trinajstić information content (AvgIpc) is 3.48. The van der Waals surface area contributed by atoms with Crippen LogP contribution < -0.4 is 0 Å². The van der Waals surface area contributed by atoms with E-state index in [1.165, 1.54) is 16.4 Å². The summed E-state index contributed by atoms with van der Waals surface area (Å²) in [5, 5.41) is 0. The number of imidazole rings is 1. The summed E-state index contributed by atoms with van der Waals surface area (Å²) in [5.41, 5.74) is 1.80. The Morgan fingerprint density at radius 3 is 2.83 bits per heavy atom. The van der Waals surface area contributed by atoms with Crippen LogP contribution in [0.1, 0.15) is 18.0 Å². The standard InChI is InChI=1S/C21H19FN4O3S/c1-14-6-7-16(12-17(14)22)30(27,28)25-10-8-15(13-25)26-20-18(4-2-9-23-20)24-21(26)19-5-3-11-29-19/h2-7,9,11-12,15H,8,10,13H2,1H3. The topological polar surface area (TPSA) is 81.2 Å². The van der Waals surface area contributed by atoms with Crippen LogP contribution in [0.4, 0.5) is 4.39 Å². The first-order valence-electron chi connectivity index (χ1n) is 9.58. The lowest BCUT2D eigenvalue weighted by Crippen LogP contribution is -2.29. The molecular weight excluding hydrogens is 407 g/mol. The molecule has 5 rings (SSSR count). The van der Waals surface area contributed by atoms with Gasteiger partial charge in [0.25, 0.3) is 0 Å². The smallest absolute Gasteiger partial charge is 0.243 e. The summed E-state index contributed by atoms with van der Waals surface area (Å²) in [6, 6.07) is 11.1. The van der Waals surface area contributed by atoms with E-state index in [1.54, 1.807) is 25.5 Å². The fourth-order valence-corrected chi connectivity index (χ4v) is 5.38. The van der Waals surface area contributed by atoms with Crippen LogP contribution in [0, 0.1) is 12.7 Å². The molecule has 1 unspecified atom stereocenters. The number of rotatable bonds is 4. The number of aromatic nitrogens is 3. The summed E-state index contributed by atoms with van der Waals surface area (Å²) >= 11 is 0. The number of pyridine rings is 1. The molecule has 1 fully saturated rings. The Bertz CT molecular complexity index is 1330. The van der Waals surface area contributed by atoms with Gasteiger partial charge in [-0.25, -0.2) is 22.8 Å². The third kappa shape index (κ3) is 3.01. The lowest BCUT2D eigenvalue weighted by atomic mass is 10.2. The van der Waals surface area contributed by atoms with E-state index in [9.17, 15) is 12.8 Å². The molecular formula is C21H19FN4O3S. The Labute approximate surface area is 172 Å². The first-order chi connectivity index (χ1) is 14.4. The molecule has 1 aliphatic heterocycles. The Hall–Kier alpha value is -3.04. The molecule has 1 saturated heterocycles. The number of nitrogens with zero attached hydrogens (tertiary/aromatic N) is 4. The molecule has 1 aromatic carbocycles. The van der Waals surface area contributed by atoms with Crippen LogP contribution in [-0.4, -0.2) is 40.3 Å². The van der Waals surface area contributed by atoms with E-state index in [2.05, 4.69) is 9.97 Å². The van der Waals surface area contributed by atoms with Crippen molar-refractivity contribution in [1.29, 1.82) is 0 Å². The van der Waals surface area contributed by atoms with Gasteiger partial charge in [0, 0.05) is 19.3 Å². The number of hydrogen-bond donors (Lipinski definition) is 0. The fourth-order valence-electron chi connectivity index (χ4n) is 3.88. The Morgan fingerprint density at radius 2 is 2.07 bits per heavy atom. The number of hydrogen-bond acceptors (Lipinski definition) is 5. The molecule has 0 bridgehead atoms. The molecule has 4 heterocycles. The summed E-state index contributed by atoms with van der Waals surface area (Å²) in [7, 11) is -3.81. The third-order valence-electron chi connectivity index (χ3n) is 5.46. The summed E-state index contributed by atoms with van der Waals surface area (Å²) in [5.74, 6) is 0.672. The zero-order valence-electron chi connectivity index (χ0n) is 16.2. The van der Waals surface area contributed by atoms with Gasteiger partial charge < -0.3 is 8.98 Å². The average molecular weight is 426 g/mol. The van der Waals surface area contributed by atoms with E-state index in [0.29, 0.717) is 41.3 Å². The van der Waals surface area contributed by atoms with Crippen molar-refractivity contribution in [3.05, 3.63) is 66.3 Å². The first-order valence-corrected chi connectivity index (χ1v) is 11.0. The van der Waals surface area contributed by atoms with Gasteiger partial charge in [0.1, 0.15) is 11.3 Å². The molecule has 0 saturated carbocycles. The zero-order valence-corrected chi connectivity index (χ0v) is 17.0. The number of benzene rings is 1. The molecule has 154 valence electrons. The van der Waals surface area contributed by atoms with Crippen LogP contribution >= 0.6 is 0 Å². The lowest BCUT2D eigenvalue weighted by molar-refractivity contribution is 0.453. The number of halogens is 1. The van der Waals surface area contributed by atoms with Crippen LogP contribution in [0.15, 0.2) is 64.2 Å². The Kier molecular flexibility index (Phi) is 4.44. The van der Waals surface area contributed by atoms with Gasteiger partial charge in [0.05, 0.1) is 17.2 Å². The highest BCUT2D eigenvalue weighted by atomic mass is 32.2. The second-order valence-electron chi connectivity index (χ2n) is 7.35. The molecule has 7 nitrogen and oxygen atoms in total. The van der Waals surface area contributed by atoms with Gasteiger partial charge >= 0.3 is 0 Å². The number of fused-ring (bicyclic) bond motifs is 1. The molecule has 1 aliphatic rings. The number of sulfonamides is 1. The van der Waals surface area contributed by atoms with Gasteiger partial charge in [0.15, 0.2) is 17.2 Å². The van der Waals surface area contributed by atoms with Crippen LogP contribution in [0.5, 0.6) is 0 Å². The van der Waals surface area contributed by atoms with Crippen LogP contribution in [-0.2, 0) is 10.0 Å². The molecule has 4 aromatic rings. The highest BCUT2D eigenvalue weighted by Crippen LogP contribution is 2.34.